The number of benzene rings is 1. The van der Waals surface area contributed by atoms with Crippen LogP contribution in [0.25, 0.3) is 11.4 Å². The van der Waals surface area contributed by atoms with Gasteiger partial charge in [-0.1, -0.05) is 31.3 Å². The van der Waals surface area contributed by atoms with E-state index in [-0.39, 0.29) is 17.5 Å². The summed E-state index contributed by atoms with van der Waals surface area (Å²) in [6.07, 6.45) is 6.79. The number of non-ortho nitro benzene ring substituents is 1. The third-order valence-electron chi connectivity index (χ3n) is 5.20. The third kappa shape index (κ3) is 4.94. The van der Waals surface area contributed by atoms with Gasteiger partial charge in [-0.2, -0.15) is 4.98 Å². The van der Waals surface area contributed by atoms with Crippen molar-refractivity contribution in [1.82, 2.24) is 15.0 Å². The molecule has 0 bridgehead atoms. The van der Waals surface area contributed by atoms with Crippen LogP contribution >= 0.6 is 0 Å². The highest BCUT2D eigenvalue weighted by atomic mass is 16.6. The molecule has 8 nitrogen and oxygen atoms in total. The lowest BCUT2D eigenvalue weighted by Gasteiger charge is -2.25. The molecule has 0 atom stereocenters. The van der Waals surface area contributed by atoms with E-state index in [0.717, 1.165) is 45.1 Å². The fourth-order valence-corrected chi connectivity index (χ4v) is 3.55. The Bertz CT molecular complexity index is 797. The van der Waals surface area contributed by atoms with Gasteiger partial charge in [-0.25, -0.2) is 0 Å². The van der Waals surface area contributed by atoms with E-state index in [9.17, 15) is 14.9 Å². The van der Waals surface area contributed by atoms with E-state index >= 15 is 0 Å². The molecule has 0 radical (unpaired) electrons. The van der Waals surface area contributed by atoms with Gasteiger partial charge in [0.1, 0.15) is 0 Å². The molecule has 1 amide bonds. The van der Waals surface area contributed by atoms with Crippen LogP contribution in [0.1, 0.15) is 51.3 Å². The Kier molecular flexibility index (Phi) is 6.73. The lowest BCUT2D eigenvalue weighted by molar-refractivity contribution is -0.384. The molecule has 28 heavy (non-hydrogen) atoms. The number of carbonyl (C=O) groups excluding carboxylic acids is 1. The summed E-state index contributed by atoms with van der Waals surface area (Å²) in [6.45, 7) is 3.44. The third-order valence-corrected chi connectivity index (χ3v) is 5.20. The summed E-state index contributed by atoms with van der Waals surface area (Å²) in [7, 11) is 0. The van der Waals surface area contributed by atoms with E-state index in [0.29, 0.717) is 30.2 Å². The summed E-state index contributed by atoms with van der Waals surface area (Å²) in [5.74, 6) is 1.28. The van der Waals surface area contributed by atoms with Crippen LogP contribution < -0.4 is 0 Å². The number of rotatable bonds is 9. The highest BCUT2D eigenvalue weighted by Crippen LogP contribution is 2.27. The van der Waals surface area contributed by atoms with Gasteiger partial charge in [0.05, 0.1) is 4.92 Å². The maximum Gasteiger partial charge on any atom is 0.269 e. The fourth-order valence-electron chi connectivity index (χ4n) is 3.55. The number of hydrogen-bond acceptors (Lipinski definition) is 6. The Labute approximate surface area is 164 Å². The standard InChI is InChI=1S/C20H26N4O4/c1-2-3-13-23(20(25)16-6-4-5-7-16)14-12-18-21-19(22-28-18)15-8-10-17(11-9-15)24(26)27/h8-11,16H,2-7,12-14H2,1H3. The van der Waals surface area contributed by atoms with Crippen LogP contribution in [0.5, 0.6) is 0 Å². The van der Waals surface area contributed by atoms with Crippen molar-refractivity contribution in [3.63, 3.8) is 0 Å². The number of amides is 1. The molecule has 3 rings (SSSR count). The molecule has 0 aliphatic heterocycles. The zero-order valence-electron chi connectivity index (χ0n) is 16.2. The molecule has 1 aliphatic carbocycles. The highest BCUT2D eigenvalue weighted by molar-refractivity contribution is 5.79. The van der Waals surface area contributed by atoms with Crippen molar-refractivity contribution in [3.8, 4) is 11.4 Å². The zero-order chi connectivity index (χ0) is 19.9. The van der Waals surface area contributed by atoms with E-state index in [1.54, 1.807) is 12.1 Å². The van der Waals surface area contributed by atoms with Crippen LogP contribution in [-0.2, 0) is 11.2 Å². The van der Waals surface area contributed by atoms with Crippen LogP contribution in [0.2, 0.25) is 0 Å². The van der Waals surface area contributed by atoms with Crippen molar-refractivity contribution in [3.05, 3.63) is 40.3 Å². The van der Waals surface area contributed by atoms with Gasteiger partial charge in [-0.15, -0.1) is 0 Å². The van der Waals surface area contributed by atoms with E-state index in [1.807, 2.05) is 4.90 Å². The van der Waals surface area contributed by atoms with Crippen LogP contribution in [0, 0.1) is 16.0 Å². The summed E-state index contributed by atoms with van der Waals surface area (Å²) in [6, 6.07) is 6.03. The molecule has 1 fully saturated rings. The molecular weight excluding hydrogens is 360 g/mol. The molecule has 0 saturated heterocycles. The average Bonchev–Trinajstić information content (AvgIpc) is 3.40. The zero-order valence-corrected chi connectivity index (χ0v) is 16.2. The molecule has 0 spiro atoms. The Balaban J connectivity index is 1.62. The van der Waals surface area contributed by atoms with Crippen molar-refractivity contribution in [2.75, 3.05) is 13.1 Å². The van der Waals surface area contributed by atoms with Gasteiger partial charge < -0.3 is 9.42 Å². The average molecular weight is 386 g/mol. The number of aromatic nitrogens is 2. The molecule has 1 saturated carbocycles. The summed E-state index contributed by atoms with van der Waals surface area (Å²) in [5, 5.41) is 14.7. The van der Waals surface area contributed by atoms with Crippen molar-refractivity contribution in [2.24, 2.45) is 5.92 Å². The van der Waals surface area contributed by atoms with E-state index in [1.165, 1.54) is 12.1 Å². The second-order valence-electron chi connectivity index (χ2n) is 7.23. The Hall–Kier alpha value is -2.77. The summed E-state index contributed by atoms with van der Waals surface area (Å²) >= 11 is 0. The molecular formula is C20H26N4O4. The summed E-state index contributed by atoms with van der Waals surface area (Å²) in [5.41, 5.74) is 0.676. The van der Waals surface area contributed by atoms with Crippen molar-refractivity contribution in [1.29, 1.82) is 0 Å². The van der Waals surface area contributed by atoms with Gasteiger partial charge in [0.2, 0.25) is 17.6 Å². The maximum atomic E-state index is 12.8. The van der Waals surface area contributed by atoms with Crippen molar-refractivity contribution in [2.45, 2.75) is 51.9 Å². The molecule has 8 heteroatoms. The second-order valence-corrected chi connectivity index (χ2v) is 7.23. The first kappa shape index (κ1) is 20.0. The molecule has 2 aromatic rings. The van der Waals surface area contributed by atoms with Gasteiger partial charge in [-0.05, 0) is 31.4 Å². The molecule has 1 aliphatic rings. The maximum absolute atomic E-state index is 12.8. The molecule has 1 heterocycles. The van der Waals surface area contributed by atoms with Crippen molar-refractivity contribution >= 4 is 11.6 Å². The van der Waals surface area contributed by atoms with Gasteiger partial charge in [0, 0.05) is 43.1 Å². The van der Waals surface area contributed by atoms with Gasteiger partial charge in [0.15, 0.2) is 0 Å². The van der Waals surface area contributed by atoms with Gasteiger partial charge in [-0.3, -0.25) is 14.9 Å². The molecule has 150 valence electrons. The minimum Gasteiger partial charge on any atom is -0.342 e. The largest absolute Gasteiger partial charge is 0.342 e. The molecule has 0 N–H and O–H groups in total. The fraction of sp³-hybridized carbons (Fsp3) is 0.550. The molecule has 0 unspecified atom stereocenters. The first-order valence-corrected chi connectivity index (χ1v) is 9.94. The van der Waals surface area contributed by atoms with Gasteiger partial charge >= 0.3 is 0 Å². The first-order valence-electron chi connectivity index (χ1n) is 9.94. The smallest absolute Gasteiger partial charge is 0.269 e. The highest BCUT2D eigenvalue weighted by Gasteiger charge is 2.27. The molecule has 1 aromatic carbocycles. The Morgan fingerprint density at radius 3 is 2.61 bits per heavy atom. The number of nitrogens with zero attached hydrogens (tertiary/aromatic N) is 4. The second kappa shape index (κ2) is 9.43. The topological polar surface area (TPSA) is 102 Å². The van der Waals surface area contributed by atoms with Crippen LogP contribution in [0.15, 0.2) is 28.8 Å². The minimum atomic E-state index is -0.447. The van der Waals surface area contributed by atoms with E-state index in [2.05, 4.69) is 17.1 Å². The molecule has 1 aromatic heterocycles. The minimum absolute atomic E-state index is 0.0180. The number of hydrogen-bond donors (Lipinski definition) is 0. The Morgan fingerprint density at radius 1 is 1.25 bits per heavy atom. The first-order chi connectivity index (χ1) is 13.6. The number of nitro groups is 1. The lowest BCUT2D eigenvalue weighted by Crippen LogP contribution is -2.37. The number of carbonyl (C=O) groups is 1. The van der Waals surface area contributed by atoms with Gasteiger partial charge in [0.25, 0.3) is 5.69 Å². The predicted molar refractivity (Wildman–Crippen MR) is 104 cm³/mol. The van der Waals surface area contributed by atoms with E-state index in [4.69, 9.17) is 4.52 Å². The number of unbranched alkanes of at least 4 members (excludes halogenated alkanes) is 1. The normalized spacial score (nSPS) is 14.3. The summed E-state index contributed by atoms with van der Waals surface area (Å²) < 4.78 is 5.32. The quantitative estimate of drug-likeness (QED) is 0.477. The van der Waals surface area contributed by atoms with Crippen LogP contribution in [-0.4, -0.2) is 39.0 Å². The predicted octanol–water partition coefficient (Wildman–Crippen LogP) is 4.01. The number of nitro benzene ring substituents is 1. The Morgan fingerprint density at radius 2 is 1.96 bits per heavy atom. The van der Waals surface area contributed by atoms with Crippen LogP contribution in [0.3, 0.4) is 0 Å². The van der Waals surface area contributed by atoms with Crippen molar-refractivity contribution < 1.29 is 14.2 Å². The summed E-state index contributed by atoms with van der Waals surface area (Å²) in [4.78, 5) is 29.4. The monoisotopic (exact) mass is 386 g/mol. The van der Waals surface area contributed by atoms with E-state index < -0.39 is 4.92 Å². The lowest BCUT2D eigenvalue weighted by atomic mass is 10.1. The SMILES string of the molecule is CCCCN(CCc1nc(-c2ccc([N+](=O)[O-])cc2)no1)C(=O)C1CCCC1. The van der Waals surface area contributed by atoms with Crippen LogP contribution in [0.4, 0.5) is 5.69 Å².